The molecule has 2 rings (SSSR count). The molecule has 1 atom stereocenters. The SMILES string of the molecule is CC(=O)c1ccc(NC(=O)/C=C(\C)C(=O)NCC2CCCO2)cc1. The van der Waals surface area contributed by atoms with Gasteiger partial charge in [0.1, 0.15) is 0 Å². The molecule has 128 valence electrons. The van der Waals surface area contributed by atoms with Gasteiger partial charge in [0.05, 0.1) is 6.10 Å². The van der Waals surface area contributed by atoms with Crippen molar-refractivity contribution in [3.63, 3.8) is 0 Å². The summed E-state index contributed by atoms with van der Waals surface area (Å²) in [5.41, 5.74) is 1.47. The van der Waals surface area contributed by atoms with Crippen LogP contribution in [0.5, 0.6) is 0 Å². The van der Waals surface area contributed by atoms with E-state index in [1.807, 2.05) is 0 Å². The van der Waals surface area contributed by atoms with Gasteiger partial charge in [0.2, 0.25) is 11.8 Å². The monoisotopic (exact) mass is 330 g/mol. The molecule has 1 saturated heterocycles. The Morgan fingerprint density at radius 1 is 1.21 bits per heavy atom. The summed E-state index contributed by atoms with van der Waals surface area (Å²) in [5.74, 6) is -0.713. The van der Waals surface area contributed by atoms with Crippen LogP contribution in [0.1, 0.15) is 37.0 Å². The Morgan fingerprint density at radius 2 is 1.92 bits per heavy atom. The fraction of sp³-hybridized carbons (Fsp3) is 0.389. The fourth-order valence-corrected chi connectivity index (χ4v) is 2.38. The quantitative estimate of drug-likeness (QED) is 0.618. The van der Waals surface area contributed by atoms with Gasteiger partial charge in [-0.05, 0) is 51.0 Å². The summed E-state index contributed by atoms with van der Waals surface area (Å²) in [5, 5.41) is 5.42. The molecule has 1 aromatic rings. The van der Waals surface area contributed by atoms with E-state index in [9.17, 15) is 14.4 Å². The number of hydrogen-bond acceptors (Lipinski definition) is 4. The van der Waals surface area contributed by atoms with E-state index in [2.05, 4.69) is 10.6 Å². The lowest BCUT2D eigenvalue weighted by atomic mass is 10.1. The van der Waals surface area contributed by atoms with E-state index in [1.54, 1.807) is 31.2 Å². The van der Waals surface area contributed by atoms with E-state index in [0.717, 1.165) is 19.4 Å². The summed E-state index contributed by atoms with van der Waals surface area (Å²) in [6.07, 6.45) is 3.28. The summed E-state index contributed by atoms with van der Waals surface area (Å²) in [4.78, 5) is 35.1. The summed E-state index contributed by atoms with van der Waals surface area (Å²) in [6.45, 7) is 4.26. The van der Waals surface area contributed by atoms with Gasteiger partial charge < -0.3 is 15.4 Å². The van der Waals surface area contributed by atoms with Gasteiger partial charge in [-0.25, -0.2) is 0 Å². The van der Waals surface area contributed by atoms with Crippen LogP contribution in [0.2, 0.25) is 0 Å². The second-order valence-corrected chi connectivity index (χ2v) is 5.80. The molecule has 0 spiro atoms. The number of rotatable bonds is 6. The van der Waals surface area contributed by atoms with Crippen LogP contribution in [-0.2, 0) is 14.3 Å². The van der Waals surface area contributed by atoms with Gasteiger partial charge in [0, 0.05) is 36.1 Å². The van der Waals surface area contributed by atoms with Crippen molar-refractivity contribution in [2.24, 2.45) is 0 Å². The highest BCUT2D eigenvalue weighted by Crippen LogP contribution is 2.11. The van der Waals surface area contributed by atoms with Crippen molar-refractivity contribution in [3.8, 4) is 0 Å². The van der Waals surface area contributed by atoms with E-state index >= 15 is 0 Å². The van der Waals surface area contributed by atoms with Crippen LogP contribution in [0, 0.1) is 0 Å². The molecule has 0 aliphatic carbocycles. The molecule has 1 unspecified atom stereocenters. The van der Waals surface area contributed by atoms with E-state index in [0.29, 0.717) is 23.4 Å². The number of amides is 2. The summed E-state index contributed by atoms with van der Waals surface area (Å²) >= 11 is 0. The molecule has 0 radical (unpaired) electrons. The second-order valence-electron chi connectivity index (χ2n) is 5.80. The molecule has 2 amide bonds. The molecule has 2 N–H and O–H groups in total. The Morgan fingerprint density at radius 3 is 2.50 bits per heavy atom. The Balaban J connectivity index is 1.85. The lowest BCUT2D eigenvalue weighted by Gasteiger charge is -2.11. The van der Waals surface area contributed by atoms with Gasteiger partial charge in [-0.1, -0.05) is 0 Å². The molecule has 1 aliphatic rings. The van der Waals surface area contributed by atoms with Crippen LogP contribution < -0.4 is 10.6 Å². The van der Waals surface area contributed by atoms with Gasteiger partial charge in [0.15, 0.2) is 5.78 Å². The maximum absolute atomic E-state index is 12.0. The first-order chi connectivity index (χ1) is 11.5. The minimum Gasteiger partial charge on any atom is -0.376 e. The number of carbonyl (C=O) groups is 3. The zero-order chi connectivity index (χ0) is 17.5. The van der Waals surface area contributed by atoms with Crippen molar-refractivity contribution < 1.29 is 19.1 Å². The van der Waals surface area contributed by atoms with E-state index < -0.39 is 5.91 Å². The maximum atomic E-state index is 12.0. The van der Waals surface area contributed by atoms with Crippen LogP contribution >= 0.6 is 0 Å². The van der Waals surface area contributed by atoms with Crippen molar-refractivity contribution >= 4 is 23.3 Å². The van der Waals surface area contributed by atoms with E-state index in [-0.39, 0.29) is 17.8 Å². The van der Waals surface area contributed by atoms with Crippen molar-refractivity contribution in [3.05, 3.63) is 41.5 Å². The predicted molar refractivity (Wildman–Crippen MR) is 90.8 cm³/mol. The molecule has 1 aliphatic heterocycles. The molecule has 0 saturated carbocycles. The Bertz CT molecular complexity index is 643. The van der Waals surface area contributed by atoms with Crippen molar-refractivity contribution in [1.29, 1.82) is 0 Å². The number of ether oxygens (including phenoxy) is 1. The van der Waals surface area contributed by atoms with Gasteiger partial charge in [-0.3, -0.25) is 14.4 Å². The van der Waals surface area contributed by atoms with Crippen LogP contribution in [0.3, 0.4) is 0 Å². The zero-order valence-corrected chi connectivity index (χ0v) is 13.9. The normalized spacial score (nSPS) is 17.4. The third kappa shape index (κ3) is 5.31. The highest BCUT2D eigenvalue weighted by molar-refractivity contribution is 6.06. The molecule has 0 aromatic heterocycles. The van der Waals surface area contributed by atoms with Crippen LogP contribution in [0.15, 0.2) is 35.9 Å². The number of anilines is 1. The first-order valence-corrected chi connectivity index (χ1v) is 7.96. The van der Waals surface area contributed by atoms with Crippen molar-refractivity contribution in [2.45, 2.75) is 32.8 Å². The number of ketones is 1. The van der Waals surface area contributed by atoms with Gasteiger partial charge in [-0.15, -0.1) is 0 Å². The highest BCUT2D eigenvalue weighted by Gasteiger charge is 2.16. The first-order valence-electron chi connectivity index (χ1n) is 7.96. The van der Waals surface area contributed by atoms with Crippen LogP contribution in [0.4, 0.5) is 5.69 Å². The Labute approximate surface area is 141 Å². The lowest BCUT2D eigenvalue weighted by Crippen LogP contribution is -2.32. The van der Waals surface area contributed by atoms with Crippen molar-refractivity contribution in [2.75, 3.05) is 18.5 Å². The summed E-state index contributed by atoms with van der Waals surface area (Å²) in [7, 11) is 0. The first kappa shape index (κ1) is 17.9. The molecular weight excluding hydrogens is 308 g/mol. The van der Waals surface area contributed by atoms with Gasteiger partial charge in [0.25, 0.3) is 0 Å². The standard InChI is InChI=1S/C18H22N2O4/c1-12(18(23)19-11-16-4-3-9-24-16)10-17(22)20-15-7-5-14(6-8-15)13(2)21/h5-8,10,16H,3-4,9,11H2,1-2H3,(H,19,23)(H,20,22)/b12-10+. The molecule has 6 nitrogen and oxygen atoms in total. The molecular formula is C18H22N2O4. The molecule has 24 heavy (non-hydrogen) atoms. The number of nitrogens with one attached hydrogen (secondary N) is 2. The Hall–Kier alpha value is -2.47. The number of hydrogen-bond donors (Lipinski definition) is 2. The predicted octanol–water partition coefficient (Wildman–Crippen LogP) is 2.07. The molecule has 6 heteroatoms. The third-order valence-electron chi connectivity index (χ3n) is 3.78. The Kier molecular flexibility index (Phi) is 6.26. The lowest BCUT2D eigenvalue weighted by molar-refractivity contribution is -0.118. The number of Topliss-reactive ketones (excluding diaryl/α,β-unsaturated/α-hetero) is 1. The summed E-state index contributed by atoms with van der Waals surface area (Å²) < 4.78 is 5.43. The zero-order valence-electron chi connectivity index (χ0n) is 13.9. The molecule has 1 fully saturated rings. The number of benzene rings is 1. The average Bonchev–Trinajstić information content (AvgIpc) is 3.06. The average molecular weight is 330 g/mol. The molecule has 0 bridgehead atoms. The highest BCUT2D eigenvalue weighted by atomic mass is 16.5. The van der Waals surface area contributed by atoms with Gasteiger partial charge >= 0.3 is 0 Å². The van der Waals surface area contributed by atoms with Crippen LogP contribution in [-0.4, -0.2) is 36.9 Å². The van der Waals surface area contributed by atoms with E-state index in [4.69, 9.17) is 4.74 Å². The third-order valence-corrected chi connectivity index (χ3v) is 3.78. The molecule has 1 heterocycles. The van der Waals surface area contributed by atoms with Gasteiger partial charge in [-0.2, -0.15) is 0 Å². The fourth-order valence-electron chi connectivity index (χ4n) is 2.38. The summed E-state index contributed by atoms with van der Waals surface area (Å²) in [6, 6.07) is 6.58. The molecule has 1 aromatic carbocycles. The minimum atomic E-state index is -0.393. The number of carbonyl (C=O) groups excluding carboxylic acids is 3. The smallest absolute Gasteiger partial charge is 0.248 e. The topological polar surface area (TPSA) is 84.5 Å². The second kappa shape index (κ2) is 8.40. The van der Waals surface area contributed by atoms with Crippen LogP contribution in [0.25, 0.3) is 0 Å². The van der Waals surface area contributed by atoms with Crippen molar-refractivity contribution in [1.82, 2.24) is 5.32 Å². The largest absolute Gasteiger partial charge is 0.376 e. The minimum absolute atomic E-state index is 0.0356. The maximum Gasteiger partial charge on any atom is 0.248 e. The van der Waals surface area contributed by atoms with E-state index in [1.165, 1.54) is 13.0 Å².